The van der Waals surface area contributed by atoms with Crippen molar-refractivity contribution in [1.29, 1.82) is 0 Å². The molecule has 4 heteroatoms. The molecule has 1 aliphatic rings. The van der Waals surface area contributed by atoms with Crippen molar-refractivity contribution in [2.75, 3.05) is 24.5 Å². The number of hydrogen-bond donors (Lipinski definition) is 1. The Balaban J connectivity index is 1.38. The molecule has 2 heterocycles. The van der Waals surface area contributed by atoms with E-state index >= 15 is 0 Å². The zero-order chi connectivity index (χ0) is 19.3. The van der Waals surface area contributed by atoms with E-state index in [0.29, 0.717) is 6.04 Å². The van der Waals surface area contributed by atoms with Gasteiger partial charge in [-0.2, -0.15) is 0 Å². The van der Waals surface area contributed by atoms with Gasteiger partial charge in [-0.25, -0.2) is 9.97 Å². The van der Waals surface area contributed by atoms with E-state index in [1.54, 1.807) is 0 Å². The molecular formula is C24H30N4. The lowest BCUT2D eigenvalue weighted by atomic mass is 10.1. The van der Waals surface area contributed by atoms with E-state index in [0.717, 1.165) is 55.0 Å². The van der Waals surface area contributed by atoms with Crippen LogP contribution in [0.5, 0.6) is 0 Å². The SMILES string of the molecule is Cc1ccc2c(C)nc(N3CCC[C@@H](NCCc4ccccc4)CC3)nc2c1. The number of anilines is 1. The number of hydrogen-bond acceptors (Lipinski definition) is 4. The molecule has 3 aromatic rings. The first kappa shape index (κ1) is 18.9. The number of aryl methyl sites for hydroxylation is 2. The topological polar surface area (TPSA) is 41.1 Å². The smallest absolute Gasteiger partial charge is 0.226 e. The van der Waals surface area contributed by atoms with Gasteiger partial charge in [0.1, 0.15) is 0 Å². The van der Waals surface area contributed by atoms with Crippen LogP contribution in [0.25, 0.3) is 10.9 Å². The van der Waals surface area contributed by atoms with Crippen molar-refractivity contribution in [2.24, 2.45) is 0 Å². The van der Waals surface area contributed by atoms with Gasteiger partial charge in [0.25, 0.3) is 0 Å². The Morgan fingerprint density at radius 1 is 1.00 bits per heavy atom. The summed E-state index contributed by atoms with van der Waals surface area (Å²) >= 11 is 0. The summed E-state index contributed by atoms with van der Waals surface area (Å²) in [5, 5.41) is 4.92. The van der Waals surface area contributed by atoms with Crippen LogP contribution in [0.4, 0.5) is 5.95 Å². The molecule has 28 heavy (non-hydrogen) atoms. The second-order valence-electron chi connectivity index (χ2n) is 7.93. The summed E-state index contributed by atoms with van der Waals surface area (Å²) in [6, 6.07) is 17.7. The highest BCUT2D eigenvalue weighted by molar-refractivity contribution is 5.82. The molecule has 0 amide bonds. The van der Waals surface area contributed by atoms with Crippen molar-refractivity contribution in [1.82, 2.24) is 15.3 Å². The predicted molar refractivity (Wildman–Crippen MR) is 117 cm³/mol. The number of nitrogens with zero attached hydrogens (tertiary/aromatic N) is 3. The number of fused-ring (bicyclic) bond motifs is 1. The van der Waals surface area contributed by atoms with Crippen LogP contribution in [-0.2, 0) is 6.42 Å². The number of aromatic nitrogens is 2. The summed E-state index contributed by atoms with van der Waals surface area (Å²) in [5.41, 5.74) is 4.78. The average molecular weight is 375 g/mol. The van der Waals surface area contributed by atoms with E-state index in [9.17, 15) is 0 Å². The monoisotopic (exact) mass is 374 g/mol. The lowest BCUT2D eigenvalue weighted by Gasteiger charge is -2.21. The first-order chi connectivity index (χ1) is 13.7. The highest BCUT2D eigenvalue weighted by Gasteiger charge is 2.19. The van der Waals surface area contributed by atoms with Crippen LogP contribution >= 0.6 is 0 Å². The van der Waals surface area contributed by atoms with E-state index < -0.39 is 0 Å². The molecular weight excluding hydrogens is 344 g/mol. The standard InChI is InChI=1S/C24H30N4/c1-18-10-11-22-19(2)26-24(27-23(22)17-18)28-15-6-9-21(13-16-28)25-14-12-20-7-4-3-5-8-20/h3-5,7-8,10-11,17,21,25H,6,9,12-16H2,1-2H3/t21-/m1/s1. The van der Waals surface area contributed by atoms with Gasteiger partial charge in [0.2, 0.25) is 5.95 Å². The quantitative estimate of drug-likeness (QED) is 0.717. The van der Waals surface area contributed by atoms with Crippen molar-refractivity contribution >= 4 is 16.9 Å². The Morgan fingerprint density at radius 2 is 1.86 bits per heavy atom. The van der Waals surface area contributed by atoms with Crippen LogP contribution in [0, 0.1) is 13.8 Å². The van der Waals surface area contributed by atoms with Gasteiger partial charge in [-0.15, -0.1) is 0 Å². The van der Waals surface area contributed by atoms with Crippen molar-refractivity contribution in [3.05, 3.63) is 65.4 Å². The van der Waals surface area contributed by atoms with Crippen molar-refractivity contribution in [2.45, 2.75) is 45.6 Å². The maximum Gasteiger partial charge on any atom is 0.226 e. The molecule has 2 aromatic carbocycles. The second kappa shape index (κ2) is 8.70. The summed E-state index contributed by atoms with van der Waals surface area (Å²) in [5.74, 6) is 0.889. The zero-order valence-electron chi connectivity index (χ0n) is 17.0. The maximum atomic E-state index is 4.88. The van der Waals surface area contributed by atoms with Gasteiger partial charge >= 0.3 is 0 Å². The van der Waals surface area contributed by atoms with Gasteiger partial charge < -0.3 is 10.2 Å². The molecule has 0 spiro atoms. The van der Waals surface area contributed by atoms with Crippen LogP contribution < -0.4 is 10.2 Å². The summed E-state index contributed by atoms with van der Waals surface area (Å²) in [6.45, 7) is 7.30. The van der Waals surface area contributed by atoms with Crippen LogP contribution in [0.3, 0.4) is 0 Å². The highest BCUT2D eigenvalue weighted by atomic mass is 15.3. The Bertz CT molecular complexity index is 923. The molecule has 4 nitrogen and oxygen atoms in total. The number of nitrogens with one attached hydrogen (secondary N) is 1. The molecule has 146 valence electrons. The molecule has 4 rings (SSSR count). The van der Waals surface area contributed by atoms with Gasteiger partial charge in [-0.1, -0.05) is 42.5 Å². The van der Waals surface area contributed by atoms with E-state index in [-0.39, 0.29) is 0 Å². The fourth-order valence-electron chi connectivity index (χ4n) is 4.09. The minimum absolute atomic E-state index is 0.581. The molecule has 1 aliphatic heterocycles. The summed E-state index contributed by atoms with van der Waals surface area (Å²) in [4.78, 5) is 12.1. The van der Waals surface area contributed by atoms with Gasteiger partial charge in [-0.3, -0.25) is 0 Å². The maximum absolute atomic E-state index is 4.88. The van der Waals surface area contributed by atoms with Crippen molar-refractivity contribution in [3.8, 4) is 0 Å². The van der Waals surface area contributed by atoms with Crippen molar-refractivity contribution in [3.63, 3.8) is 0 Å². The largest absolute Gasteiger partial charge is 0.341 e. The Morgan fingerprint density at radius 3 is 2.71 bits per heavy atom. The third-order valence-electron chi connectivity index (χ3n) is 5.73. The molecule has 0 unspecified atom stereocenters. The van der Waals surface area contributed by atoms with E-state index in [2.05, 4.69) is 72.6 Å². The Kier molecular flexibility index (Phi) is 5.87. The normalized spacial score (nSPS) is 17.6. The number of rotatable bonds is 5. The molecule has 0 bridgehead atoms. The molecule has 1 aromatic heterocycles. The van der Waals surface area contributed by atoms with Crippen LogP contribution in [0.1, 0.15) is 36.1 Å². The molecule has 0 radical (unpaired) electrons. The lowest BCUT2D eigenvalue weighted by molar-refractivity contribution is 0.474. The average Bonchev–Trinajstić information content (AvgIpc) is 2.94. The lowest BCUT2D eigenvalue weighted by Crippen LogP contribution is -2.32. The Hall–Kier alpha value is -2.46. The van der Waals surface area contributed by atoms with Gasteiger partial charge in [0.05, 0.1) is 11.2 Å². The van der Waals surface area contributed by atoms with E-state index in [4.69, 9.17) is 9.97 Å². The first-order valence-electron chi connectivity index (χ1n) is 10.5. The zero-order valence-corrected chi connectivity index (χ0v) is 17.0. The Labute approximate surface area is 168 Å². The summed E-state index contributed by atoms with van der Waals surface area (Å²) in [7, 11) is 0. The fraction of sp³-hybridized carbons (Fsp3) is 0.417. The van der Waals surface area contributed by atoms with E-state index in [1.807, 2.05) is 0 Å². The van der Waals surface area contributed by atoms with Gasteiger partial charge in [-0.05, 0) is 63.3 Å². The third-order valence-corrected chi connectivity index (χ3v) is 5.73. The minimum atomic E-state index is 0.581. The first-order valence-corrected chi connectivity index (χ1v) is 10.5. The second-order valence-corrected chi connectivity index (χ2v) is 7.93. The molecule has 1 saturated heterocycles. The molecule has 1 N–H and O–H groups in total. The molecule has 0 aliphatic carbocycles. The minimum Gasteiger partial charge on any atom is -0.341 e. The van der Waals surface area contributed by atoms with Crippen LogP contribution in [0.2, 0.25) is 0 Å². The molecule has 1 fully saturated rings. The predicted octanol–water partition coefficient (Wildman–Crippen LogP) is 4.44. The third kappa shape index (κ3) is 4.50. The van der Waals surface area contributed by atoms with Crippen LogP contribution in [0.15, 0.2) is 48.5 Å². The summed E-state index contributed by atoms with van der Waals surface area (Å²) in [6.07, 6.45) is 4.63. The molecule has 0 saturated carbocycles. The molecule has 1 atom stereocenters. The van der Waals surface area contributed by atoms with Crippen molar-refractivity contribution < 1.29 is 0 Å². The summed E-state index contributed by atoms with van der Waals surface area (Å²) < 4.78 is 0. The van der Waals surface area contributed by atoms with Crippen LogP contribution in [-0.4, -0.2) is 35.6 Å². The van der Waals surface area contributed by atoms with Gasteiger partial charge in [0, 0.05) is 24.5 Å². The van der Waals surface area contributed by atoms with Gasteiger partial charge in [0.15, 0.2) is 0 Å². The fourth-order valence-corrected chi connectivity index (χ4v) is 4.09. The number of benzene rings is 2. The highest BCUT2D eigenvalue weighted by Crippen LogP contribution is 2.22. The van der Waals surface area contributed by atoms with E-state index in [1.165, 1.54) is 24.0 Å².